The Morgan fingerprint density at radius 1 is 1.21 bits per heavy atom. The third-order valence-electron chi connectivity index (χ3n) is 6.36. The van der Waals surface area contributed by atoms with Crippen LogP contribution in [-0.4, -0.2) is 35.4 Å². The first-order chi connectivity index (χ1) is 13.7. The molecule has 2 aromatic heterocycles. The van der Waals surface area contributed by atoms with Crippen LogP contribution in [0.25, 0.3) is 0 Å². The van der Waals surface area contributed by atoms with Gasteiger partial charge in [0.05, 0.1) is 11.5 Å². The summed E-state index contributed by atoms with van der Waals surface area (Å²) < 4.78 is 0. The molecule has 5 nitrogen and oxygen atoms in total. The molecule has 0 spiro atoms. The van der Waals surface area contributed by atoms with Crippen molar-refractivity contribution in [2.75, 3.05) is 24.5 Å². The Labute approximate surface area is 169 Å². The molecule has 1 aliphatic carbocycles. The van der Waals surface area contributed by atoms with Gasteiger partial charge in [0.25, 0.3) is 0 Å². The lowest BCUT2D eigenvalue weighted by Crippen LogP contribution is -2.40. The second-order valence-corrected chi connectivity index (χ2v) is 9.10. The Hall–Kier alpha value is -2.39. The molecule has 4 heterocycles. The maximum atomic E-state index is 13.1. The summed E-state index contributed by atoms with van der Waals surface area (Å²) in [5, 5.41) is 11.8. The van der Waals surface area contributed by atoms with E-state index in [1.54, 1.807) is 11.3 Å². The average Bonchev–Trinajstić information content (AvgIpc) is 3.41. The molecule has 0 aromatic carbocycles. The molecule has 6 heteroatoms. The monoisotopic (exact) mass is 392 g/mol. The predicted molar refractivity (Wildman–Crippen MR) is 109 cm³/mol. The van der Waals surface area contributed by atoms with Crippen LogP contribution in [0.5, 0.6) is 0 Å². The smallest absolute Gasteiger partial charge is 0.227 e. The van der Waals surface area contributed by atoms with E-state index >= 15 is 0 Å². The van der Waals surface area contributed by atoms with E-state index in [2.05, 4.69) is 22.4 Å². The number of rotatable bonds is 2. The van der Waals surface area contributed by atoms with Crippen LogP contribution in [0.3, 0.4) is 0 Å². The van der Waals surface area contributed by atoms with E-state index in [1.807, 2.05) is 11.0 Å². The summed E-state index contributed by atoms with van der Waals surface area (Å²) in [7, 11) is 0. The highest BCUT2D eigenvalue weighted by atomic mass is 32.1. The minimum Gasteiger partial charge on any atom is -0.355 e. The molecule has 2 aliphatic heterocycles. The van der Waals surface area contributed by atoms with Crippen LogP contribution in [0, 0.1) is 17.2 Å². The molecule has 3 aliphatic rings. The van der Waals surface area contributed by atoms with E-state index in [1.165, 1.54) is 28.8 Å². The number of pyridine rings is 1. The molecule has 0 bridgehead atoms. The molecule has 1 atom stereocenters. The fourth-order valence-corrected chi connectivity index (χ4v) is 5.68. The van der Waals surface area contributed by atoms with Crippen molar-refractivity contribution < 1.29 is 4.79 Å². The van der Waals surface area contributed by atoms with Gasteiger partial charge in [-0.2, -0.15) is 5.26 Å². The van der Waals surface area contributed by atoms with Crippen LogP contribution in [-0.2, 0) is 30.6 Å². The summed E-state index contributed by atoms with van der Waals surface area (Å²) in [6, 6.07) is 6.53. The van der Waals surface area contributed by atoms with Crippen LogP contribution < -0.4 is 4.90 Å². The van der Waals surface area contributed by atoms with Gasteiger partial charge in [-0.05, 0) is 67.2 Å². The quantitative estimate of drug-likeness (QED) is 0.787. The first-order valence-corrected chi connectivity index (χ1v) is 11.1. The van der Waals surface area contributed by atoms with Crippen molar-refractivity contribution in [2.45, 2.75) is 45.1 Å². The fraction of sp³-hybridized carbons (Fsp3) is 0.500. The zero-order chi connectivity index (χ0) is 19.1. The first-order valence-electron chi connectivity index (χ1n) is 10.2. The Kier molecular flexibility index (Phi) is 4.56. The molecule has 5 rings (SSSR count). The van der Waals surface area contributed by atoms with Gasteiger partial charge in [0.15, 0.2) is 0 Å². The zero-order valence-corrected chi connectivity index (χ0v) is 16.8. The van der Waals surface area contributed by atoms with Crippen LogP contribution in [0.2, 0.25) is 0 Å². The van der Waals surface area contributed by atoms with Gasteiger partial charge in [0.1, 0.15) is 11.9 Å². The summed E-state index contributed by atoms with van der Waals surface area (Å²) in [6.07, 6.45) is 6.20. The maximum Gasteiger partial charge on any atom is 0.227 e. The maximum absolute atomic E-state index is 13.1. The van der Waals surface area contributed by atoms with Gasteiger partial charge >= 0.3 is 0 Å². The number of carbonyl (C=O) groups is 1. The Morgan fingerprint density at radius 3 is 3.00 bits per heavy atom. The van der Waals surface area contributed by atoms with Crippen molar-refractivity contribution in [2.24, 2.45) is 5.92 Å². The topological polar surface area (TPSA) is 60.2 Å². The highest BCUT2D eigenvalue weighted by Gasteiger charge is 2.34. The number of fused-ring (bicyclic) bond motifs is 2. The van der Waals surface area contributed by atoms with Gasteiger partial charge in [-0.15, -0.1) is 11.3 Å². The summed E-state index contributed by atoms with van der Waals surface area (Å²) in [6.45, 7) is 3.04. The van der Waals surface area contributed by atoms with Crippen LogP contribution in [0.4, 0.5) is 5.82 Å². The van der Waals surface area contributed by atoms with Gasteiger partial charge in [-0.3, -0.25) is 4.79 Å². The summed E-state index contributed by atoms with van der Waals surface area (Å²) in [5.41, 5.74) is 4.35. The van der Waals surface area contributed by atoms with Crippen molar-refractivity contribution in [1.29, 1.82) is 5.26 Å². The number of hydrogen-bond acceptors (Lipinski definition) is 5. The normalized spacial score (nSPS) is 21.2. The second-order valence-electron chi connectivity index (χ2n) is 8.09. The predicted octanol–water partition coefficient (Wildman–Crippen LogP) is 3.30. The zero-order valence-electron chi connectivity index (χ0n) is 16.0. The number of anilines is 1. The van der Waals surface area contributed by atoms with Gasteiger partial charge < -0.3 is 9.80 Å². The first kappa shape index (κ1) is 17.7. The van der Waals surface area contributed by atoms with Gasteiger partial charge in [0.2, 0.25) is 5.91 Å². The van der Waals surface area contributed by atoms with Gasteiger partial charge in [0, 0.05) is 36.8 Å². The van der Waals surface area contributed by atoms with Crippen LogP contribution >= 0.6 is 11.3 Å². The van der Waals surface area contributed by atoms with Crippen LogP contribution in [0.15, 0.2) is 17.5 Å². The lowest BCUT2D eigenvalue weighted by Gasteiger charge is -2.29. The lowest BCUT2D eigenvalue weighted by molar-refractivity contribution is -0.135. The average molecular weight is 393 g/mol. The summed E-state index contributed by atoms with van der Waals surface area (Å²) in [5.74, 6) is 1.05. The molecule has 0 radical (unpaired) electrons. The molecule has 28 heavy (non-hydrogen) atoms. The van der Waals surface area contributed by atoms with Crippen molar-refractivity contribution in [3.8, 4) is 6.07 Å². The number of nitrogens with zero attached hydrogens (tertiary/aromatic N) is 4. The number of aryl methyl sites for hydroxylation is 2. The molecular formula is C22H24N4OS. The second kappa shape index (κ2) is 7.21. The molecule has 1 saturated heterocycles. The minimum atomic E-state index is 0.00422. The van der Waals surface area contributed by atoms with E-state index in [9.17, 15) is 10.1 Å². The summed E-state index contributed by atoms with van der Waals surface area (Å²) >= 11 is 1.80. The number of nitriles is 1. The molecule has 1 amide bonds. The highest BCUT2D eigenvalue weighted by molar-refractivity contribution is 7.10. The van der Waals surface area contributed by atoms with Crippen molar-refractivity contribution in [1.82, 2.24) is 9.88 Å². The number of aromatic nitrogens is 1. The molecule has 0 saturated carbocycles. The van der Waals surface area contributed by atoms with Crippen molar-refractivity contribution in [3.63, 3.8) is 0 Å². The Morgan fingerprint density at radius 2 is 2.11 bits per heavy atom. The Balaban J connectivity index is 1.32. The van der Waals surface area contributed by atoms with Crippen molar-refractivity contribution >= 4 is 23.1 Å². The van der Waals surface area contributed by atoms with E-state index in [0.29, 0.717) is 12.1 Å². The third kappa shape index (κ3) is 3.08. The van der Waals surface area contributed by atoms with E-state index in [0.717, 1.165) is 56.8 Å². The molecule has 144 valence electrons. The van der Waals surface area contributed by atoms with Gasteiger partial charge in [-0.1, -0.05) is 0 Å². The van der Waals surface area contributed by atoms with E-state index in [4.69, 9.17) is 4.98 Å². The minimum absolute atomic E-state index is 0.00422. The SMILES string of the molecule is N#Cc1cc2c(nc1N1CCC(C(=O)N3CCc4sccc4C3)C1)CCCC2. The molecule has 1 fully saturated rings. The third-order valence-corrected chi connectivity index (χ3v) is 7.38. The molecule has 1 unspecified atom stereocenters. The lowest BCUT2D eigenvalue weighted by atomic mass is 9.95. The van der Waals surface area contributed by atoms with E-state index in [-0.39, 0.29) is 11.8 Å². The highest BCUT2D eigenvalue weighted by Crippen LogP contribution is 2.31. The number of hydrogen-bond donors (Lipinski definition) is 0. The van der Waals surface area contributed by atoms with Crippen LogP contribution in [0.1, 0.15) is 46.5 Å². The summed E-state index contributed by atoms with van der Waals surface area (Å²) in [4.78, 5) is 23.6. The Bertz CT molecular complexity index is 960. The molecular weight excluding hydrogens is 368 g/mol. The molecule has 2 aromatic rings. The fourth-order valence-electron chi connectivity index (χ4n) is 4.80. The number of amides is 1. The standard InChI is InChI=1S/C22H24N4OS/c23-12-18-11-15-3-1-2-4-19(15)24-21(18)25-8-5-17(14-25)22(27)26-9-6-20-16(13-26)7-10-28-20/h7,10-11,17H,1-6,8-9,13-14H2. The van der Waals surface area contributed by atoms with Gasteiger partial charge in [-0.25, -0.2) is 4.98 Å². The number of thiophene rings is 1. The molecule has 0 N–H and O–H groups in total. The van der Waals surface area contributed by atoms with Crippen molar-refractivity contribution in [3.05, 3.63) is 44.8 Å². The van der Waals surface area contributed by atoms with E-state index < -0.39 is 0 Å². The number of carbonyl (C=O) groups excluding carboxylic acids is 1. The largest absolute Gasteiger partial charge is 0.355 e.